The van der Waals surface area contributed by atoms with Gasteiger partial charge in [-0.15, -0.1) is 0 Å². The van der Waals surface area contributed by atoms with Crippen LogP contribution in [-0.4, -0.2) is 22.9 Å². The first-order chi connectivity index (χ1) is 8.09. The maximum Gasteiger partial charge on any atom is 0.0640 e. The maximum atomic E-state index is 4.69. The molecule has 1 aromatic heterocycles. The van der Waals surface area contributed by atoms with Crippen molar-refractivity contribution in [2.24, 2.45) is 5.41 Å². The second-order valence-electron chi connectivity index (χ2n) is 5.74. The SMILES string of the molecule is CCC(C)n1ccc(CC(NC)C2(C)CC2)n1. The molecule has 1 aromatic rings. The topological polar surface area (TPSA) is 29.9 Å². The lowest BCUT2D eigenvalue weighted by molar-refractivity contribution is 0.370. The molecule has 1 heterocycles. The lowest BCUT2D eigenvalue weighted by Gasteiger charge is -2.22. The highest BCUT2D eigenvalue weighted by Crippen LogP contribution is 2.48. The Morgan fingerprint density at radius 2 is 2.24 bits per heavy atom. The van der Waals surface area contributed by atoms with E-state index < -0.39 is 0 Å². The van der Waals surface area contributed by atoms with Crippen molar-refractivity contribution < 1.29 is 0 Å². The third-order valence-electron chi connectivity index (χ3n) is 4.35. The van der Waals surface area contributed by atoms with Crippen LogP contribution >= 0.6 is 0 Å². The van der Waals surface area contributed by atoms with Gasteiger partial charge in [-0.3, -0.25) is 4.68 Å². The molecule has 0 spiro atoms. The van der Waals surface area contributed by atoms with Gasteiger partial charge < -0.3 is 5.32 Å². The Morgan fingerprint density at radius 1 is 1.53 bits per heavy atom. The molecule has 3 heteroatoms. The van der Waals surface area contributed by atoms with Crippen LogP contribution in [0.5, 0.6) is 0 Å². The molecule has 1 N–H and O–H groups in total. The molecule has 1 aliphatic rings. The predicted octanol–water partition coefficient (Wildman–Crippen LogP) is 2.78. The van der Waals surface area contributed by atoms with Crippen LogP contribution in [-0.2, 0) is 6.42 Å². The van der Waals surface area contributed by atoms with Crippen LogP contribution in [0.2, 0.25) is 0 Å². The molecular weight excluding hydrogens is 210 g/mol. The van der Waals surface area contributed by atoms with Gasteiger partial charge in [0.1, 0.15) is 0 Å². The van der Waals surface area contributed by atoms with Crippen molar-refractivity contribution in [1.82, 2.24) is 15.1 Å². The van der Waals surface area contributed by atoms with E-state index in [1.54, 1.807) is 0 Å². The maximum absolute atomic E-state index is 4.69. The minimum absolute atomic E-state index is 0.508. The molecular formula is C14H25N3. The monoisotopic (exact) mass is 235 g/mol. The summed E-state index contributed by atoms with van der Waals surface area (Å²) in [6.45, 7) is 6.79. The third-order valence-corrected chi connectivity index (χ3v) is 4.35. The van der Waals surface area contributed by atoms with E-state index in [2.05, 4.69) is 55.2 Å². The van der Waals surface area contributed by atoms with E-state index in [1.165, 1.54) is 18.5 Å². The first kappa shape index (κ1) is 12.6. The van der Waals surface area contributed by atoms with E-state index in [0.29, 0.717) is 17.5 Å². The molecule has 1 fully saturated rings. The molecule has 0 radical (unpaired) electrons. The summed E-state index contributed by atoms with van der Waals surface area (Å²) >= 11 is 0. The van der Waals surface area contributed by atoms with Gasteiger partial charge in [-0.25, -0.2) is 0 Å². The van der Waals surface area contributed by atoms with Gasteiger partial charge in [0.05, 0.1) is 5.69 Å². The summed E-state index contributed by atoms with van der Waals surface area (Å²) in [7, 11) is 2.07. The van der Waals surface area contributed by atoms with Crippen molar-refractivity contribution in [3.05, 3.63) is 18.0 Å². The minimum Gasteiger partial charge on any atom is -0.316 e. The lowest BCUT2D eigenvalue weighted by atomic mass is 9.95. The largest absolute Gasteiger partial charge is 0.316 e. The third kappa shape index (κ3) is 2.71. The highest BCUT2D eigenvalue weighted by atomic mass is 15.3. The standard InChI is InChI=1S/C14H25N3/c1-5-11(2)17-9-6-12(16-17)10-13(15-4)14(3)7-8-14/h6,9,11,13,15H,5,7-8,10H2,1-4H3. The number of aromatic nitrogens is 2. The number of likely N-dealkylation sites (N-methyl/N-ethyl adjacent to an activating group) is 1. The van der Waals surface area contributed by atoms with Crippen LogP contribution in [0.15, 0.2) is 12.3 Å². The Balaban J connectivity index is 2.00. The molecule has 0 aromatic carbocycles. The fourth-order valence-electron chi connectivity index (χ4n) is 2.37. The van der Waals surface area contributed by atoms with E-state index in [0.717, 1.165) is 12.8 Å². The van der Waals surface area contributed by atoms with Crippen molar-refractivity contribution in [3.63, 3.8) is 0 Å². The van der Waals surface area contributed by atoms with Gasteiger partial charge in [0.2, 0.25) is 0 Å². The Hall–Kier alpha value is -0.830. The fourth-order valence-corrected chi connectivity index (χ4v) is 2.37. The molecule has 0 amide bonds. The lowest BCUT2D eigenvalue weighted by Crippen LogP contribution is -2.35. The summed E-state index contributed by atoms with van der Waals surface area (Å²) in [6.07, 6.45) is 7.01. The Bertz CT molecular complexity index is 365. The summed E-state index contributed by atoms with van der Waals surface area (Å²) < 4.78 is 2.09. The molecule has 2 rings (SSSR count). The highest BCUT2D eigenvalue weighted by Gasteiger charge is 2.44. The van der Waals surface area contributed by atoms with Crippen LogP contribution in [0.1, 0.15) is 51.8 Å². The molecule has 0 saturated heterocycles. The van der Waals surface area contributed by atoms with E-state index in [1.807, 2.05) is 0 Å². The van der Waals surface area contributed by atoms with Gasteiger partial charge in [-0.05, 0) is 44.7 Å². The number of hydrogen-bond acceptors (Lipinski definition) is 2. The van der Waals surface area contributed by atoms with Crippen molar-refractivity contribution in [2.45, 2.75) is 58.5 Å². The normalized spacial score (nSPS) is 21.2. The molecule has 2 atom stereocenters. The van der Waals surface area contributed by atoms with E-state index >= 15 is 0 Å². The summed E-state index contributed by atoms with van der Waals surface area (Å²) in [5.41, 5.74) is 1.73. The van der Waals surface area contributed by atoms with Crippen molar-refractivity contribution >= 4 is 0 Å². The molecule has 0 bridgehead atoms. The molecule has 0 aliphatic heterocycles. The average molecular weight is 235 g/mol. The van der Waals surface area contributed by atoms with Gasteiger partial charge in [-0.1, -0.05) is 13.8 Å². The second kappa shape index (κ2) is 4.81. The number of nitrogens with zero attached hydrogens (tertiary/aromatic N) is 2. The Morgan fingerprint density at radius 3 is 2.76 bits per heavy atom. The van der Waals surface area contributed by atoms with Gasteiger partial charge in [0, 0.05) is 24.7 Å². The van der Waals surface area contributed by atoms with E-state index in [4.69, 9.17) is 0 Å². The molecule has 3 nitrogen and oxygen atoms in total. The van der Waals surface area contributed by atoms with Crippen LogP contribution < -0.4 is 5.32 Å². The van der Waals surface area contributed by atoms with Crippen LogP contribution in [0.3, 0.4) is 0 Å². The van der Waals surface area contributed by atoms with E-state index in [9.17, 15) is 0 Å². The van der Waals surface area contributed by atoms with Crippen molar-refractivity contribution in [3.8, 4) is 0 Å². The zero-order chi connectivity index (χ0) is 12.5. The Labute approximate surface area is 105 Å². The molecule has 2 unspecified atom stereocenters. The zero-order valence-corrected chi connectivity index (χ0v) is 11.5. The summed E-state index contributed by atoms with van der Waals surface area (Å²) in [5.74, 6) is 0. The molecule has 1 aliphatic carbocycles. The van der Waals surface area contributed by atoms with Gasteiger partial charge in [0.15, 0.2) is 0 Å². The highest BCUT2D eigenvalue weighted by molar-refractivity contribution is 5.08. The number of rotatable bonds is 6. The smallest absolute Gasteiger partial charge is 0.0640 e. The summed E-state index contributed by atoms with van der Waals surface area (Å²) in [4.78, 5) is 0. The van der Waals surface area contributed by atoms with Crippen LogP contribution in [0, 0.1) is 5.41 Å². The van der Waals surface area contributed by atoms with Gasteiger partial charge >= 0.3 is 0 Å². The average Bonchev–Trinajstić information content (AvgIpc) is 2.92. The number of nitrogens with one attached hydrogen (secondary N) is 1. The van der Waals surface area contributed by atoms with Gasteiger partial charge in [-0.2, -0.15) is 5.10 Å². The summed E-state index contributed by atoms with van der Waals surface area (Å²) in [6, 6.07) is 3.25. The van der Waals surface area contributed by atoms with Crippen LogP contribution in [0.4, 0.5) is 0 Å². The molecule has 1 saturated carbocycles. The van der Waals surface area contributed by atoms with Gasteiger partial charge in [0.25, 0.3) is 0 Å². The quantitative estimate of drug-likeness (QED) is 0.821. The first-order valence-electron chi connectivity index (χ1n) is 6.80. The first-order valence-corrected chi connectivity index (χ1v) is 6.80. The minimum atomic E-state index is 0.508. The predicted molar refractivity (Wildman–Crippen MR) is 71.1 cm³/mol. The fraction of sp³-hybridized carbons (Fsp3) is 0.786. The van der Waals surface area contributed by atoms with Crippen molar-refractivity contribution in [1.29, 1.82) is 0 Å². The summed E-state index contributed by atoms with van der Waals surface area (Å²) in [5, 5.41) is 8.14. The number of hydrogen-bond donors (Lipinski definition) is 1. The van der Waals surface area contributed by atoms with Crippen LogP contribution in [0.25, 0.3) is 0 Å². The zero-order valence-electron chi connectivity index (χ0n) is 11.5. The molecule has 17 heavy (non-hydrogen) atoms. The second-order valence-corrected chi connectivity index (χ2v) is 5.74. The molecule has 96 valence electrons. The van der Waals surface area contributed by atoms with E-state index in [-0.39, 0.29) is 0 Å². The Kier molecular flexibility index (Phi) is 3.57. The van der Waals surface area contributed by atoms with Crippen molar-refractivity contribution in [2.75, 3.05) is 7.05 Å².